The van der Waals surface area contributed by atoms with E-state index in [-0.39, 0.29) is 11.8 Å². The van der Waals surface area contributed by atoms with Crippen LogP contribution in [0.1, 0.15) is 6.42 Å². The summed E-state index contributed by atoms with van der Waals surface area (Å²) >= 11 is 0. The number of aliphatic imine (C=N–C) groups is 1. The molecule has 0 saturated carbocycles. The average Bonchev–Trinajstić information content (AvgIpc) is 2.37. The van der Waals surface area contributed by atoms with Crippen LogP contribution >= 0.6 is 0 Å². The number of amides is 1. The zero-order chi connectivity index (χ0) is 6.69. The first kappa shape index (κ1) is 6.42. The molecule has 0 aliphatic carbocycles. The third-order valence-corrected chi connectivity index (χ3v) is 1.43. The van der Waals surface area contributed by atoms with E-state index in [1.54, 1.807) is 0 Å². The van der Waals surface area contributed by atoms with Crippen LogP contribution in [0.15, 0.2) is 4.99 Å². The summed E-state index contributed by atoms with van der Waals surface area (Å²) in [5, 5.41) is 0. The summed E-state index contributed by atoms with van der Waals surface area (Å²) in [6.07, 6.45) is 0.803. The van der Waals surface area contributed by atoms with Crippen LogP contribution in [-0.2, 0) is 9.53 Å². The van der Waals surface area contributed by atoms with Crippen LogP contribution in [0.4, 0.5) is 0 Å². The lowest BCUT2D eigenvalue weighted by Gasteiger charge is -1.97. The fourth-order valence-electron chi connectivity index (χ4n) is 0.858. The van der Waals surface area contributed by atoms with E-state index in [0.717, 1.165) is 6.42 Å². The van der Waals surface area contributed by atoms with E-state index in [4.69, 9.17) is 4.74 Å². The molecule has 0 aromatic carbocycles. The van der Waals surface area contributed by atoms with Gasteiger partial charge in [0.05, 0.1) is 12.5 Å². The maximum absolute atomic E-state index is 10.7. The van der Waals surface area contributed by atoms with Crippen LogP contribution in [-0.4, -0.2) is 25.8 Å². The second-order valence-corrected chi connectivity index (χ2v) is 2.06. The van der Waals surface area contributed by atoms with Crippen molar-refractivity contribution in [3.8, 4) is 0 Å². The van der Waals surface area contributed by atoms with Gasteiger partial charge in [-0.2, -0.15) is 0 Å². The molecule has 0 aromatic heterocycles. The number of carbonyl (C=O) groups excluding carboxylic acids is 1. The Hall–Kier alpha value is -0.700. The van der Waals surface area contributed by atoms with Gasteiger partial charge in [-0.1, -0.05) is 0 Å². The van der Waals surface area contributed by atoms with Crippen LogP contribution in [0.5, 0.6) is 0 Å². The van der Waals surface area contributed by atoms with Gasteiger partial charge in [-0.25, -0.2) is 4.99 Å². The van der Waals surface area contributed by atoms with E-state index in [0.29, 0.717) is 13.2 Å². The number of rotatable bonds is 1. The summed E-state index contributed by atoms with van der Waals surface area (Å²) in [6, 6.07) is 0. The molecule has 0 aromatic rings. The van der Waals surface area contributed by atoms with Crippen LogP contribution in [0, 0.1) is 5.92 Å². The van der Waals surface area contributed by atoms with Gasteiger partial charge in [-0.3, -0.25) is 4.79 Å². The number of nitrogens with zero attached hydrogens (tertiary/aromatic N) is 1. The Morgan fingerprint density at radius 2 is 2.56 bits per heavy atom. The molecule has 1 aliphatic heterocycles. The zero-order valence-electron chi connectivity index (χ0n) is 5.17. The van der Waals surface area contributed by atoms with Crippen molar-refractivity contribution in [2.75, 3.05) is 13.2 Å². The predicted octanol–water partition coefficient (Wildman–Crippen LogP) is 0.250. The standard InChI is InChI=1S/C6H9NO2/c1-7-6(8)5-2-3-9-4-5/h5H,1-4H2/t5-/m0/s1. The monoisotopic (exact) mass is 127 g/mol. The van der Waals surface area contributed by atoms with Crippen LogP contribution in [0.3, 0.4) is 0 Å². The Morgan fingerprint density at radius 3 is 3.00 bits per heavy atom. The minimum Gasteiger partial charge on any atom is -0.381 e. The molecule has 9 heavy (non-hydrogen) atoms. The van der Waals surface area contributed by atoms with Crippen LogP contribution in [0.25, 0.3) is 0 Å². The fraction of sp³-hybridized carbons (Fsp3) is 0.667. The predicted molar refractivity (Wildman–Crippen MR) is 33.5 cm³/mol. The molecule has 0 radical (unpaired) electrons. The molecule has 3 nitrogen and oxygen atoms in total. The zero-order valence-corrected chi connectivity index (χ0v) is 5.17. The average molecular weight is 127 g/mol. The molecule has 1 aliphatic rings. The van der Waals surface area contributed by atoms with E-state index in [2.05, 4.69) is 11.7 Å². The molecule has 3 heteroatoms. The largest absolute Gasteiger partial charge is 0.381 e. The Labute approximate surface area is 53.7 Å². The molecule has 1 fully saturated rings. The number of ether oxygens (including phenoxy) is 1. The highest BCUT2D eigenvalue weighted by Crippen LogP contribution is 2.12. The van der Waals surface area contributed by atoms with E-state index >= 15 is 0 Å². The first-order valence-electron chi connectivity index (χ1n) is 2.93. The first-order chi connectivity index (χ1) is 4.34. The topological polar surface area (TPSA) is 38.7 Å². The summed E-state index contributed by atoms with van der Waals surface area (Å²) in [5.74, 6) is -0.144. The number of carbonyl (C=O) groups is 1. The molecule has 0 bridgehead atoms. The molecule has 0 N–H and O–H groups in total. The molecular formula is C6H9NO2. The second kappa shape index (κ2) is 2.73. The van der Waals surface area contributed by atoms with Gasteiger partial charge >= 0.3 is 0 Å². The highest BCUT2D eigenvalue weighted by atomic mass is 16.5. The van der Waals surface area contributed by atoms with E-state index in [9.17, 15) is 4.79 Å². The third kappa shape index (κ3) is 1.36. The summed E-state index contributed by atoms with van der Waals surface area (Å²) in [5.41, 5.74) is 0. The molecule has 0 unspecified atom stereocenters. The Morgan fingerprint density at radius 1 is 1.78 bits per heavy atom. The minimum absolute atomic E-state index is 0.0116. The lowest BCUT2D eigenvalue weighted by atomic mass is 10.1. The second-order valence-electron chi connectivity index (χ2n) is 2.06. The van der Waals surface area contributed by atoms with Crippen LogP contribution < -0.4 is 0 Å². The van der Waals surface area contributed by atoms with Crippen molar-refractivity contribution < 1.29 is 9.53 Å². The van der Waals surface area contributed by atoms with Crippen molar-refractivity contribution in [1.82, 2.24) is 0 Å². The van der Waals surface area contributed by atoms with Crippen molar-refractivity contribution in [2.45, 2.75) is 6.42 Å². The van der Waals surface area contributed by atoms with Crippen molar-refractivity contribution in [3.63, 3.8) is 0 Å². The summed E-state index contributed by atoms with van der Waals surface area (Å²) in [4.78, 5) is 14.0. The molecular weight excluding hydrogens is 118 g/mol. The lowest BCUT2D eigenvalue weighted by molar-refractivity contribution is -0.121. The third-order valence-electron chi connectivity index (χ3n) is 1.43. The van der Waals surface area contributed by atoms with Crippen molar-refractivity contribution in [3.05, 3.63) is 0 Å². The van der Waals surface area contributed by atoms with Crippen LogP contribution in [0.2, 0.25) is 0 Å². The molecule has 1 atom stereocenters. The highest BCUT2D eigenvalue weighted by molar-refractivity contribution is 5.83. The van der Waals surface area contributed by atoms with Gasteiger partial charge in [0.15, 0.2) is 0 Å². The van der Waals surface area contributed by atoms with Gasteiger partial charge in [0.1, 0.15) is 0 Å². The smallest absolute Gasteiger partial charge is 0.250 e. The molecule has 0 spiro atoms. The normalized spacial score (nSPS) is 26.0. The first-order valence-corrected chi connectivity index (χ1v) is 2.93. The Balaban J connectivity index is 2.41. The maximum Gasteiger partial charge on any atom is 0.250 e. The van der Waals surface area contributed by atoms with Gasteiger partial charge in [0, 0.05) is 6.61 Å². The van der Waals surface area contributed by atoms with E-state index < -0.39 is 0 Å². The highest BCUT2D eigenvalue weighted by Gasteiger charge is 2.21. The number of hydrogen-bond acceptors (Lipinski definition) is 2. The van der Waals surface area contributed by atoms with Gasteiger partial charge in [0.2, 0.25) is 0 Å². The van der Waals surface area contributed by atoms with Crippen molar-refractivity contribution in [2.24, 2.45) is 10.9 Å². The Bertz CT molecular complexity index is 127. The SMILES string of the molecule is C=NC(=O)[C@H]1CCOC1. The van der Waals surface area contributed by atoms with E-state index in [1.165, 1.54) is 0 Å². The summed E-state index contributed by atoms with van der Waals surface area (Å²) in [7, 11) is 0. The Kier molecular flexibility index (Phi) is 1.95. The van der Waals surface area contributed by atoms with Crippen molar-refractivity contribution >= 4 is 12.6 Å². The number of hydrogen-bond donors (Lipinski definition) is 0. The fourth-order valence-corrected chi connectivity index (χ4v) is 0.858. The quantitative estimate of drug-likeness (QED) is 0.473. The molecule has 1 rings (SSSR count). The van der Waals surface area contributed by atoms with Gasteiger partial charge in [0.25, 0.3) is 5.91 Å². The summed E-state index contributed by atoms with van der Waals surface area (Å²) in [6.45, 7) is 4.36. The molecule has 50 valence electrons. The molecule has 1 heterocycles. The van der Waals surface area contributed by atoms with Gasteiger partial charge in [-0.15, -0.1) is 0 Å². The molecule has 1 amide bonds. The maximum atomic E-state index is 10.7. The lowest BCUT2D eigenvalue weighted by Crippen LogP contribution is -2.10. The summed E-state index contributed by atoms with van der Waals surface area (Å²) < 4.78 is 4.97. The minimum atomic E-state index is -0.132. The van der Waals surface area contributed by atoms with Crippen molar-refractivity contribution in [1.29, 1.82) is 0 Å². The van der Waals surface area contributed by atoms with E-state index in [1.807, 2.05) is 0 Å². The van der Waals surface area contributed by atoms with Gasteiger partial charge < -0.3 is 4.74 Å². The molecule has 1 saturated heterocycles. The van der Waals surface area contributed by atoms with Gasteiger partial charge in [-0.05, 0) is 13.1 Å².